The van der Waals surface area contributed by atoms with Gasteiger partial charge in [0.15, 0.2) is 11.2 Å². The van der Waals surface area contributed by atoms with Crippen LogP contribution in [0.25, 0.3) is 0 Å². The van der Waals surface area contributed by atoms with E-state index in [1.54, 1.807) is 11.8 Å². The number of hydrogen-bond acceptors (Lipinski definition) is 5. The summed E-state index contributed by atoms with van der Waals surface area (Å²) < 4.78 is 5.41. The highest BCUT2D eigenvalue weighted by Crippen LogP contribution is 2.17. The maximum absolute atomic E-state index is 12.5. The zero-order chi connectivity index (χ0) is 17.0. The van der Waals surface area contributed by atoms with Gasteiger partial charge in [-0.05, 0) is 40.9 Å². The lowest BCUT2D eigenvalue weighted by Gasteiger charge is -2.36. The van der Waals surface area contributed by atoms with Gasteiger partial charge in [0.1, 0.15) is 5.76 Å². The average Bonchev–Trinajstić information content (AvgIpc) is 2.51. The van der Waals surface area contributed by atoms with Crippen LogP contribution in [0.1, 0.15) is 29.2 Å². The molecule has 23 heavy (non-hydrogen) atoms. The van der Waals surface area contributed by atoms with E-state index in [0.717, 1.165) is 25.9 Å². The summed E-state index contributed by atoms with van der Waals surface area (Å²) in [6, 6.07) is 3.18. The molecule has 1 aliphatic rings. The molecule has 0 radical (unpaired) electrons. The molecule has 6 heteroatoms. The molecule has 1 aliphatic heterocycles. The van der Waals surface area contributed by atoms with Gasteiger partial charge in [0.25, 0.3) is 5.91 Å². The number of amides is 1. The Kier molecular flexibility index (Phi) is 5.96. The number of carbonyl (C=O) groups excluding carboxylic acids is 1. The Morgan fingerprint density at radius 1 is 1.22 bits per heavy atom. The Labute approximate surface area is 137 Å². The molecule has 1 aromatic heterocycles. The maximum Gasteiger partial charge on any atom is 0.289 e. The molecule has 128 valence electrons. The molecule has 0 spiro atoms. The predicted molar refractivity (Wildman–Crippen MR) is 89.8 cm³/mol. The van der Waals surface area contributed by atoms with Crippen LogP contribution in [0, 0.1) is 6.92 Å². The molecule has 0 N–H and O–H groups in total. The molecule has 1 aromatic rings. The first-order chi connectivity index (χ1) is 10.9. The van der Waals surface area contributed by atoms with E-state index in [0.29, 0.717) is 24.9 Å². The normalized spacial score (nSPS) is 16.3. The minimum Gasteiger partial charge on any atom is -0.456 e. The zero-order valence-electron chi connectivity index (χ0n) is 14.5. The van der Waals surface area contributed by atoms with Gasteiger partial charge in [0.05, 0.1) is 0 Å². The second-order valence-electron chi connectivity index (χ2n) is 6.58. The van der Waals surface area contributed by atoms with Crippen LogP contribution in [0.5, 0.6) is 0 Å². The number of carbonyl (C=O) groups is 1. The van der Waals surface area contributed by atoms with Crippen molar-refractivity contribution in [3.8, 4) is 0 Å². The lowest BCUT2D eigenvalue weighted by atomic mass is 10.0. The van der Waals surface area contributed by atoms with Crippen LogP contribution in [-0.2, 0) is 0 Å². The van der Waals surface area contributed by atoms with Gasteiger partial charge >= 0.3 is 0 Å². The largest absolute Gasteiger partial charge is 0.456 e. The number of hydrogen-bond donors (Lipinski definition) is 0. The van der Waals surface area contributed by atoms with Crippen molar-refractivity contribution in [3.63, 3.8) is 0 Å². The Hall–Kier alpha value is -1.66. The van der Waals surface area contributed by atoms with Crippen molar-refractivity contribution >= 4 is 5.91 Å². The Morgan fingerprint density at radius 2 is 1.87 bits per heavy atom. The fraction of sp³-hybridized carbons (Fsp3) is 0.647. The standard InChI is InChI=1S/C17H27N3O3/c1-13-11-15(21)12-16(23-13)17(22)20-7-5-14(6-8-20)19(4)10-9-18(2)3/h11-12,14H,5-10H2,1-4H3. The average molecular weight is 321 g/mol. The first kappa shape index (κ1) is 17.7. The minimum absolute atomic E-state index is 0.148. The SMILES string of the molecule is Cc1cc(=O)cc(C(=O)N2CCC(N(C)CCN(C)C)CC2)o1. The third-order valence-electron chi connectivity index (χ3n) is 4.38. The van der Waals surface area contributed by atoms with Crippen LogP contribution in [0.3, 0.4) is 0 Å². The number of piperidine rings is 1. The van der Waals surface area contributed by atoms with E-state index in [-0.39, 0.29) is 17.1 Å². The van der Waals surface area contributed by atoms with E-state index in [2.05, 4.69) is 30.9 Å². The topological polar surface area (TPSA) is 57.0 Å². The van der Waals surface area contributed by atoms with Gasteiger partial charge in [-0.1, -0.05) is 0 Å². The number of nitrogens with zero attached hydrogens (tertiary/aromatic N) is 3. The van der Waals surface area contributed by atoms with Gasteiger partial charge < -0.3 is 19.1 Å². The maximum atomic E-state index is 12.5. The van der Waals surface area contributed by atoms with Crippen molar-refractivity contribution in [3.05, 3.63) is 33.9 Å². The van der Waals surface area contributed by atoms with Gasteiger partial charge in [-0.25, -0.2) is 0 Å². The summed E-state index contributed by atoms with van der Waals surface area (Å²) in [6.45, 7) is 5.15. The summed E-state index contributed by atoms with van der Waals surface area (Å²) in [5, 5.41) is 0. The van der Waals surface area contributed by atoms with Crippen molar-refractivity contribution in [2.45, 2.75) is 25.8 Å². The van der Waals surface area contributed by atoms with Crippen LogP contribution >= 0.6 is 0 Å². The first-order valence-electron chi connectivity index (χ1n) is 8.13. The third-order valence-corrected chi connectivity index (χ3v) is 4.38. The quantitative estimate of drug-likeness (QED) is 0.811. The molecule has 2 rings (SSSR count). The number of likely N-dealkylation sites (tertiary alicyclic amines) is 1. The molecule has 0 atom stereocenters. The van der Waals surface area contributed by atoms with E-state index < -0.39 is 0 Å². The summed E-state index contributed by atoms with van der Waals surface area (Å²) in [4.78, 5) is 30.3. The molecular weight excluding hydrogens is 294 g/mol. The van der Waals surface area contributed by atoms with Crippen molar-refractivity contribution < 1.29 is 9.21 Å². The van der Waals surface area contributed by atoms with Crippen LogP contribution in [-0.4, -0.2) is 74.0 Å². The second-order valence-corrected chi connectivity index (χ2v) is 6.58. The van der Waals surface area contributed by atoms with Crippen molar-refractivity contribution in [1.29, 1.82) is 0 Å². The lowest BCUT2D eigenvalue weighted by molar-refractivity contribution is 0.0606. The molecule has 6 nitrogen and oxygen atoms in total. The summed E-state index contributed by atoms with van der Waals surface area (Å²) >= 11 is 0. The molecular formula is C17H27N3O3. The fourth-order valence-corrected chi connectivity index (χ4v) is 2.91. The van der Waals surface area contributed by atoms with E-state index in [1.165, 1.54) is 12.1 Å². The molecule has 0 saturated carbocycles. The highest BCUT2D eigenvalue weighted by molar-refractivity contribution is 5.91. The van der Waals surface area contributed by atoms with Gasteiger partial charge in [0, 0.05) is 44.4 Å². The molecule has 0 unspecified atom stereocenters. The summed E-state index contributed by atoms with van der Waals surface area (Å²) in [5.74, 6) is 0.439. The summed E-state index contributed by atoms with van der Waals surface area (Å²) in [7, 11) is 6.29. The fourth-order valence-electron chi connectivity index (χ4n) is 2.91. The van der Waals surface area contributed by atoms with Crippen LogP contribution in [0.4, 0.5) is 0 Å². The number of rotatable bonds is 5. The smallest absolute Gasteiger partial charge is 0.289 e. The molecule has 0 aliphatic carbocycles. The highest BCUT2D eigenvalue weighted by Gasteiger charge is 2.27. The van der Waals surface area contributed by atoms with Crippen molar-refractivity contribution in [1.82, 2.24) is 14.7 Å². The third kappa shape index (κ3) is 4.91. The highest BCUT2D eigenvalue weighted by atomic mass is 16.3. The number of likely N-dealkylation sites (N-methyl/N-ethyl adjacent to an activating group) is 2. The summed E-state index contributed by atoms with van der Waals surface area (Å²) in [6.07, 6.45) is 1.90. The monoisotopic (exact) mass is 321 g/mol. The molecule has 1 saturated heterocycles. The summed E-state index contributed by atoms with van der Waals surface area (Å²) in [5.41, 5.74) is -0.185. The van der Waals surface area contributed by atoms with Gasteiger partial charge in [-0.2, -0.15) is 0 Å². The Bertz CT molecular complexity index is 589. The predicted octanol–water partition coefficient (Wildman–Crippen LogP) is 1.05. The Morgan fingerprint density at radius 3 is 2.43 bits per heavy atom. The van der Waals surface area contributed by atoms with E-state index in [9.17, 15) is 9.59 Å². The van der Waals surface area contributed by atoms with Crippen LogP contribution < -0.4 is 5.43 Å². The van der Waals surface area contributed by atoms with E-state index in [4.69, 9.17) is 4.42 Å². The second kappa shape index (κ2) is 7.75. The first-order valence-corrected chi connectivity index (χ1v) is 8.13. The molecule has 1 amide bonds. The molecule has 0 bridgehead atoms. The number of aryl methyl sites for hydroxylation is 1. The lowest BCUT2D eigenvalue weighted by Crippen LogP contribution is -2.46. The molecule has 1 fully saturated rings. The molecule has 2 heterocycles. The Balaban J connectivity index is 1.91. The van der Waals surface area contributed by atoms with E-state index >= 15 is 0 Å². The molecule has 0 aromatic carbocycles. The van der Waals surface area contributed by atoms with Crippen LogP contribution in [0.2, 0.25) is 0 Å². The van der Waals surface area contributed by atoms with Gasteiger partial charge in [0.2, 0.25) is 0 Å². The van der Waals surface area contributed by atoms with Crippen LogP contribution in [0.15, 0.2) is 21.3 Å². The van der Waals surface area contributed by atoms with Gasteiger partial charge in [-0.3, -0.25) is 9.59 Å². The zero-order valence-corrected chi connectivity index (χ0v) is 14.5. The van der Waals surface area contributed by atoms with Gasteiger partial charge in [-0.15, -0.1) is 0 Å². The van der Waals surface area contributed by atoms with E-state index in [1.807, 2.05) is 0 Å². The minimum atomic E-state index is -0.185. The van der Waals surface area contributed by atoms with Crippen molar-refractivity contribution in [2.75, 3.05) is 47.3 Å². The van der Waals surface area contributed by atoms with Crippen molar-refractivity contribution in [2.24, 2.45) is 0 Å².